The molecule has 2 aromatic rings. The second-order valence-electron chi connectivity index (χ2n) is 6.85. The third-order valence-corrected chi connectivity index (χ3v) is 6.58. The number of rotatable bonds is 12. The van der Waals surface area contributed by atoms with E-state index in [0.717, 1.165) is 29.1 Å². The van der Waals surface area contributed by atoms with Crippen molar-refractivity contribution in [3.63, 3.8) is 0 Å². The highest BCUT2D eigenvalue weighted by Gasteiger charge is 2.25. The zero-order chi connectivity index (χ0) is 19.5. The molecule has 0 aliphatic rings. The number of aromatic nitrogens is 2. The van der Waals surface area contributed by atoms with Crippen molar-refractivity contribution in [3.8, 4) is 0 Å². The first-order valence-corrected chi connectivity index (χ1v) is 11.3. The fraction of sp³-hybridized carbons (Fsp3) is 0.524. The van der Waals surface area contributed by atoms with E-state index in [1.54, 1.807) is 30.6 Å². The molecule has 5 nitrogen and oxygen atoms in total. The first kappa shape index (κ1) is 21.4. The molecule has 0 saturated carbocycles. The van der Waals surface area contributed by atoms with Gasteiger partial charge in [0.1, 0.15) is 0 Å². The zero-order valence-corrected chi connectivity index (χ0v) is 17.3. The Bertz CT molecular complexity index is 779. The summed E-state index contributed by atoms with van der Waals surface area (Å²) in [4.78, 5) is 8.46. The Labute approximate surface area is 163 Å². The molecule has 0 unspecified atom stereocenters. The first-order chi connectivity index (χ1) is 13.1. The van der Waals surface area contributed by atoms with E-state index in [-0.39, 0.29) is 5.95 Å². The molecule has 1 heterocycles. The number of hydrogen-bond donors (Lipinski definition) is 0. The van der Waals surface area contributed by atoms with Gasteiger partial charge in [-0.05, 0) is 30.5 Å². The van der Waals surface area contributed by atoms with Crippen LogP contribution in [-0.4, -0.2) is 25.4 Å². The van der Waals surface area contributed by atoms with Crippen LogP contribution in [0.2, 0.25) is 0 Å². The molecule has 0 atom stereocenters. The molecule has 0 aliphatic heterocycles. The largest absolute Gasteiger partial charge is 0.266 e. The quantitative estimate of drug-likeness (QED) is 0.480. The summed E-state index contributed by atoms with van der Waals surface area (Å²) in [5, 5.41) is 0. The summed E-state index contributed by atoms with van der Waals surface area (Å²) in [5.41, 5.74) is 0.867. The van der Waals surface area contributed by atoms with Crippen LogP contribution in [-0.2, 0) is 16.4 Å². The number of unbranched alkanes of at least 4 members (excludes halogenated alkanes) is 7. The molecule has 2 rings (SSSR count). The SMILES string of the molecule is CCCCCCCCCCc1ccccc1S(=O)(=O)N(C)c1ncccn1. The van der Waals surface area contributed by atoms with Gasteiger partial charge >= 0.3 is 0 Å². The lowest BCUT2D eigenvalue weighted by molar-refractivity contribution is 0.572. The van der Waals surface area contributed by atoms with E-state index in [9.17, 15) is 8.42 Å². The maximum atomic E-state index is 13.0. The molecule has 6 heteroatoms. The van der Waals surface area contributed by atoms with Crippen LogP contribution in [0.15, 0.2) is 47.6 Å². The van der Waals surface area contributed by atoms with E-state index in [1.807, 2.05) is 12.1 Å². The van der Waals surface area contributed by atoms with Crippen molar-refractivity contribution in [1.29, 1.82) is 0 Å². The number of sulfonamides is 1. The number of aryl methyl sites for hydroxylation is 1. The Morgan fingerprint density at radius 1 is 0.852 bits per heavy atom. The second kappa shape index (κ2) is 11.0. The minimum atomic E-state index is -3.67. The predicted octanol–water partition coefficient (Wildman–Crippen LogP) is 4.98. The van der Waals surface area contributed by atoms with Crippen molar-refractivity contribution in [2.45, 2.75) is 69.6 Å². The standard InChI is InChI=1S/C21H31N3O2S/c1-3-4-5-6-7-8-9-10-14-19-15-11-12-16-20(19)27(25,26)24(2)21-22-17-13-18-23-21/h11-13,15-18H,3-10,14H2,1-2H3. The Kier molecular flexibility index (Phi) is 8.72. The van der Waals surface area contributed by atoms with E-state index in [4.69, 9.17) is 0 Å². The zero-order valence-electron chi connectivity index (χ0n) is 16.5. The fourth-order valence-electron chi connectivity index (χ4n) is 3.12. The van der Waals surface area contributed by atoms with Gasteiger partial charge in [0.2, 0.25) is 5.95 Å². The van der Waals surface area contributed by atoms with Gasteiger partial charge < -0.3 is 0 Å². The number of hydrogen-bond acceptors (Lipinski definition) is 4. The smallest absolute Gasteiger partial charge is 0.237 e. The molecule has 0 amide bonds. The van der Waals surface area contributed by atoms with Gasteiger partial charge in [-0.15, -0.1) is 0 Å². The predicted molar refractivity (Wildman–Crippen MR) is 110 cm³/mol. The summed E-state index contributed by atoms with van der Waals surface area (Å²) in [6.45, 7) is 2.23. The summed E-state index contributed by atoms with van der Waals surface area (Å²) >= 11 is 0. The molecule has 1 aromatic heterocycles. The minimum Gasteiger partial charge on any atom is -0.237 e. The van der Waals surface area contributed by atoms with Gasteiger partial charge in [0.15, 0.2) is 0 Å². The summed E-state index contributed by atoms with van der Waals surface area (Å²) in [6.07, 6.45) is 13.7. The van der Waals surface area contributed by atoms with Crippen molar-refractivity contribution in [2.24, 2.45) is 0 Å². The van der Waals surface area contributed by atoms with E-state index >= 15 is 0 Å². The van der Waals surface area contributed by atoms with E-state index in [1.165, 1.54) is 45.6 Å². The molecule has 0 N–H and O–H groups in total. The normalized spacial score (nSPS) is 11.5. The number of anilines is 1. The van der Waals surface area contributed by atoms with E-state index in [2.05, 4.69) is 16.9 Å². The lowest BCUT2D eigenvalue weighted by Gasteiger charge is -2.19. The van der Waals surface area contributed by atoms with Crippen LogP contribution in [0.4, 0.5) is 5.95 Å². The Morgan fingerprint density at radius 3 is 2.11 bits per heavy atom. The van der Waals surface area contributed by atoms with Crippen LogP contribution in [0.3, 0.4) is 0 Å². The van der Waals surface area contributed by atoms with Gasteiger partial charge in [-0.1, -0.05) is 70.1 Å². The van der Waals surface area contributed by atoms with Crippen LogP contribution < -0.4 is 4.31 Å². The Hall–Kier alpha value is -1.95. The van der Waals surface area contributed by atoms with Crippen molar-refractivity contribution in [1.82, 2.24) is 9.97 Å². The lowest BCUT2D eigenvalue weighted by atomic mass is 10.0. The van der Waals surface area contributed by atoms with Crippen molar-refractivity contribution in [3.05, 3.63) is 48.3 Å². The average molecular weight is 390 g/mol. The van der Waals surface area contributed by atoms with Gasteiger partial charge in [0, 0.05) is 19.4 Å². The number of benzene rings is 1. The molecule has 0 saturated heterocycles. The van der Waals surface area contributed by atoms with Crippen LogP contribution in [0.5, 0.6) is 0 Å². The molecule has 0 radical (unpaired) electrons. The van der Waals surface area contributed by atoms with Gasteiger partial charge in [-0.2, -0.15) is 0 Å². The van der Waals surface area contributed by atoms with Crippen molar-refractivity contribution < 1.29 is 8.42 Å². The molecular weight excluding hydrogens is 358 g/mol. The number of nitrogens with zero attached hydrogens (tertiary/aromatic N) is 3. The summed E-state index contributed by atoms with van der Waals surface area (Å²) < 4.78 is 27.2. The van der Waals surface area contributed by atoms with E-state index < -0.39 is 10.0 Å². The van der Waals surface area contributed by atoms with Crippen LogP contribution in [0.1, 0.15) is 63.9 Å². The van der Waals surface area contributed by atoms with Crippen LogP contribution in [0, 0.1) is 0 Å². The fourth-order valence-corrected chi connectivity index (χ4v) is 4.48. The molecule has 0 fully saturated rings. The van der Waals surface area contributed by atoms with Crippen LogP contribution >= 0.6 is 0 Å². The lowest BCUT2D eigenvalue weighted by Crippen LogP contribution is -2.29. The summed E-state index contributed by atoms with van der Waals surface area (Å²) in [7, 11) is -2.17. The maximum Gasteiger partial charge on any atom is 0.266 e. The maximum absolute atomic E-state index is 13.0. The molecule has 0 bridgehead atoms. The monoisotopic (exact) mass is 389 g/mol. The second-order valence-corrected chi connectivity index (χ2v) is 8.79. The first-order valence-electron chi connectivity index (χ1n) is 9.91. The minimum absolute atomic E-state index is 0.180. The molecule has 0 aliphatic carbocycles. The Balaban J connectivity index is 1.96. The van der Waals surface area contributed by atoms with E-state index in [0.29, 0.717) is 4.90 Å². The highest BCUT2D eigenvalue weighted by atomic mass is 32.2. The van der Waals surface area contributed by atoms with Gasteiger partial charge in [-0.25, -0.2) is 22.7 Å². The topological polar surface area (TPSA) is 63.2 Å². The molecular formula is C21H31N3O2S. The highest BCUT2D eigenvalue weighted by Crippen LogP contribution is 2.23. The molecule has 27 heavy (non-hydrogen) atoms. The third kappa shape index (κ3) is 6.31. The average Bonchev–Trinajstić information content (AvgIpc) is 2.70. The Morgan fingerprint density at radius 2 is 1.44 bits per heavy atom. The third-order valence-electron chi connectivity index (χ3n) is 4.74. The van der Waals surface area contributed by atoms with Crippen LogP contribution in [0.25, 0.3) is 0 Å². The van der Waals surface area contributed by atoms with Crippen molar-refractivity contribution >= 4 is 16.0 Å². The van der Waals surface area contributed by atoms with Gasteiger partial charge in [0.25, 0.3) is 10.0 Å². The van der Waals surface area contributed by atoms with Gasteiger partial charge in [0.05, 0.1) is 4.90 Å². The summed E-state index contributed by atoms with van der Waals surface area (Å²) in [6, 6.07) is 8.92. The van der Waals surface area contributed by atoms with Gasteiger partial charge in [-0.3, -0.25) is 0 Å². The van der Waals surface area contributed by atoms with Crippen molar-refractivity contribution in [2.75, 3.05) is 11.4 Å². The molecule has 148 valence electrons. The molecule has 1 aromatic carbocycles. The molecule has 0 spiro atoms. The highest BCUT2D eigenvalue weighted by molar-refractivity contribution is 7.92. The summed E-state index contributed by atoms with van der Waals surface area (Å²) in [5.74, 6) is 0.180.